The second-order valence-electron chi connectivity index (χ2n) is 4.58. The molecular weight excluding hydrogens is 260 g/mol. The molecule has 0 aliphatic carbocycles. The van der Waals surface area contributed by atoms with Crippen molar-refractivity contribution in [2.24, 2.45) is 0 Å². The van der Waals surface area contributed by atoms with Gasteiger partial charge in [0.1, 0.15) is 0 Å². The molecule has 0 aliphatic rings. The fourth-order valence-electron chi connectivity index (χ4n) is 1.98. The molecule has 1 aromatic heterocycles. The molecule has 2 nitrogen and oxygen atoms in total. The van der Waals surface area contributed by atoms with Crippen LogP contribution in [0.3, 0.4) is 0 Å². The number of nitrogens with one attached hydrogen (secondary N) is 1. The number of hydrogen-bond donors (Lipinski definition) is 1. The van der Waals surface area contributed by atoms with E-state index in [1.165, 1.54) is 17.1 Å². The van der Waals surface area contributed by atoms with E-state index < -0.39 is 0 Å². The van der Waals surface area contributed by atoms with E-state index in [0.717, 1.165) is 32.1 Å². The number of thiophene rings is 1. The Kier molecular flexibility index (Phi) is 8.76. The summed E-state index contributed by atoms with van der Waals surface area (Å²) in [5.41, 5.74) is 0. The molecule has 0 amide bonds. The molecule has 1 aromatic rings. The average molecular weight is 287 g/mol. The zero-order valence-corrected chi connectivity index (χ0v) is 13.4. The van der Waals surface area contributed by atoms with Crippen LogP contribution in [0.4, 0.5) is 0 Å². The van der Waals surface area contributed by atoms with Crippen molar-refractivity contribution in [2.75, 3.05) is 38.7 Å². The molecule has 104 valence electrons. The monoisotopic (exact) mass is 286 g/mol. The smallest absolute Gasteiger partial charge is 0.0181 e. The molecule has 1 atom stereocenters. The molecule has 1 rings (SSSR count). The number of hydrogen-bond acceptors (Lipinski definition) is 4. The van der Waals surface area contributed by atoms with Crippen molar-refractivity contribution in [3.8, 4) is 0 Å². The van der Waals surface area contributed by atoms with Crippen molar-refractivity contribution < 1.29 is 0 Å². The minimum Gasteiger partial charge on any atom is -0.315 e. The lowest BCUT2D eigenvalue weighted by molar-refractivity contribution is 0.256. The summed E-state index contributed by atoms with van der Waals surface area (Å²) in [5.74, 6) is 1.24. The van der Waals surface area contributed by atoms with Gasteiger partial charge in [0.05, 0.1) is 0 Å². The van der Waals surface area contributed by atoms with Crippen LogP contribution in [-0.4, -0.2) is 49.6 Å². The molecule has 0 aliphatic heterocycles. The molecule has 0 spiro atoms. The van der Waals surface area contributed by atoms with E-state index in [1.54, 1.807) is 0 Å². The zero-order valence-electron chi connectivity index (χ0n) is 11.8. The van der Waals surface area contributed by atoms with E-state index >= 15 is 0 Å². The van der Waals surface area contributed by atoms with Gasteiger partial charge in [-0.2, -0.15) is 11.8 Å². The summed E-state index contributed by atoms with van der Waals surface area (Å²) in [4.78, 5) is 3.96. The predicted molar refractivity (Wildman–Crippen MR) is 86.0 cm³/mol. The van der Waals surface area contributed by atoms with Crippen LogP contribution in [-0.2, 0) is 6.42 Å². The fourth-order valence-corrected chi connectivity index (χ4v) is 3.56. The van der Waals surface area contributed by atoms with Gasteiger partial charge in [0.2, 0.25) is 0 Å². The van der Waals surface area contributed by atoms with Crippen molar-refractivity contribution in [1.82, 2.24) is 10.2 Å². The summed E-state index contributed by atoms with van der Waals surface area (Å²) in [6.07, 6.45) is 4.59. The Hall–Kier alpha value is -0.0300. The number of rotatable bonds is 10. The first-order valence-electron chi connectivity index (χ1n) is 6.70. The van der Waals surface area contributed by atoms with Crippen molar-refractivity contribution in [2.45, 2.75) is 25.8 Å². The Bertz CT molecular complexity index is 288. The van der Waals surface area contributed by atoms with Gasteiger partial charge in [-0.15, -0.1) is 11.3 Å². The van der Waals surface area contributed by atoms with Gasteiger partial charge in [-0.05, 0) is 37.6 Å². The highest BCUT2D eigenvalue weighted by Crippen LogP contribution is 2.08. The molecule has 0 fully saturated rings. The average Bonchev–Trinajstić information content (AvgIpc) is 2.88. The minimum atomic E-state index is 0.721. The minimum absolute atomic E-state index is 0.721. The number of nitrogens with zero attached hydrogens (tertiary/aromatic N) is 1. The summed E-state index contributed by atoms with van der Waals surface area (Å²) >= 11 is 3.79. The Morgan fingerprint density at radius 1 is 1.44 bits per heavy atom. The summed E-state index contributed by atoms with van der Waals surface area (Å²) in [6.45, 7) is 5.60. The van der Waals surface area contributed by atoms with Gasteiger partial charge in [-0.25, -0.2) is 0 Å². The van der Waals surface area contributed by atoms with Gasteiger partial charge < -0.3 is 10.2 Å². The molecule has 18 heavy (non-hydrogen) atoms. The summed E-state index contributed by atoms with van der Waals surface area (Å²) in [7, 11) is 2.24. The van der Waals surface area contributed by atoms with Crippen LogP contribution in [0.25, 0.3) is 0 Å². The van der Waals surface area contributed by atoms with Crippen molar-refractivity contribution in [3.05, 3.63) is 22.4 Å². The van der Waals surface area contributed by atoms with Gasteiger partial charge >= 0.3 is 0 Å². The molecule has 0 radical (unpaired) electrons. The molecule has 0 aromatic carbocycles. The SMILES string of the molecule is CCC(CSC)N(C)CCNCCc1cccs1. The van der Waals surface area contributed by atoms with Gasteiger partial charge in [0, 0.05) is 36.3 Å². The maximum Gasteiger partial charge on any atom is 0.0181 e. The van der Waals surface area contributed by atoms with E-state index in [2.05, 4.69) is 48.0 Å². The third kappa shape index (κ3) is 6.23. The third-order valence-corrected chi connectivity index (χ3v) is 4.88. The molecule has 0 bridgehead atoms. The summed E-state index contributed by atoms with van der Waals surface area (Å²) in [6, 6.07) is 5.06. The largest absolute Gasteiger partial charge is 0.315 e. The normalized spacial score (nSPS) is 13.1. The van der Waals surface area contributed by atoms with Gasteiger partial charge in [-0.1, -0.05) is 13.0 Å². The quantitative estimate of drug-likeness (QED) is 0.666. The molecule has 1 N–H and O–H groups in total. The third-order valence-electron chi connectivity index (χ3n) is 3.22. The summed E-state index contributed by atoms with van der Waals surface area (Å²) in [5, 5.41) is 5.68. The van der Waals surface area contributed by atoms with Crippen molar-refractivity contribution >= 4 is 23.1 Å². The van der Waals surface area contributed by atoms with Gasteiger partial charge in [-0.3, -0.25) is 0 Å². The lowest BCUT2D eigenvalue weighted by Crippen LogP contribution is -2.38. The second kappa shape index (κ2) is 9.84. The Morgan fingerprint density at radius 2 is 2.28 bits per heavy atom. The first kappa shape index (κ1) is 16.0. The standard InChI is InChI=1S/C14H26N2S2/c1-4-13(12-17-3)16(2)10-9-15-8-7-14-6-5-11-18-14/h5-6,11,13,15H,4,7-10,12H2,1-3H3. The van der Waals surface area contributed by atoms with E-state index in [4.69, 9.17) is 0 Å². The van der Waals surface area contributed by atoms with Gasteiger partial charge in [0.15, 0.2) is 0 Å². The van der Waals surface area contributed by atoms with Crippen LogP contribution in [0.1, 0.15) is 18.2 Å². The maximum atomic E-state index is 3.53. The Labute approximate surface area is 120 Å². The summed E-state index contributed by atoms with van der Waals surface area (Å²) < 4.78 is 0. The van der Waals surface area contributed by atoms with Crippen LogP contribution in [0.15, 0.2) is 17.5 Å². The zero-order chi connectivity index (χ0) is 13.2. The first-order valence-corrected chi connectivity index (χ1v) is 8.97. The van der Waals surface area contributed by atoms with Crippen LogP contribution in [0.5, 0.6) is 0 Å². The maximum absolute atomic E-state index is 3.53. The molecular formula is C14H26N2S2. The Balaban J connectivity index is 2.05. The second-order valence-corrected chi connectivity index (χ2v) is 6.52. The lowest BCUT2D eigenvalue weighted by atomic mass is 10.2. The molecule has 1 heterocycles. The predicted octanol–water partition coefficient (Wildman–Crippen LogP) is 2.95. The number of likely N-dealkylation sites (N-methyl/N-ethyl adjacent to an activating group) is 1. The van der Waals surface area contributed by atoms with Crippen LogP contribution in [0, 0.1) is 0 Å². The van der Waals surface area contributed by atoms with E-state index in [1.807, 2.05) is 23.1 Å². The molecule has 0 saturated heterocycles. The fraction of sp³-hybridized carbons (Fsp3) is 0.714. The Morgan fingerprint density at radius 3 is 2.89 bits per heavy atom. The highest BCUT2D eigenvalue weighted by molar-refractivity contribution is 7.98. The first-order chi connectivity index (χ1) is 8.77. The highest BCUT2D eigenvalue weighted by atomic mass is 32.2. The molecule has 1 unspecified atom stereocenters. The van der Waals surface area contributed by atoms with Crippen LogP contribution in [0.2, 0.25) is 0 Å². The number of thioether (sulfide) groups is 1. The van der Waals surface area contributed by atoms with Crippen molar-refractivity contribution in [1.29, 1.82) is 0 Å². The van der Waals surface area contributed by atoms with Crippen molar-refractivity contribution in [3.63, 3.8) is 0 Å². The van der Waals surface area contributed by atoms with Crippen LogP contribution < -0.4 is 5.32 Å². The lowest BCUT2D eigenvalue weighted by Gasteiger charge is -2.26. The molecule has 0 saturated carbocycles. The highest BCUT2D eigenvalue weighted by Gasteiger charge is 2.10. The van der Waals surface area contributed by atoms with Gasteiger partial charge in [0.25, 0.3) is 0 Å². The molecule has 4 heteroatoms. The van der Waals surface area contributed by atoms with E-state index in [9.17, 15) is 0 Å². The topological polar surface area (TPSA) is 15.3 Å². The van der Waals surface area contributed by atoms with Crippen LogP contribution >= 0.6 is 23.1 Å². The van der Waals surface area contributed by atoms with E-state index in [-0.39, 0.29) is 0 Å². The van der Waals surface area contributed by atoms with E-state index in [0.29, 0.717) is 0 Å².